The monoisotopic (exact) mass is 626 g/mol. The maximum absolute atomic E-state index is 6.30. The number of aromatic nitrogens is 4. The Morgan fingerprint density at radius 1 is 0.408 bits per heavy atom. The van der Waals surface area contributed by atoms with Crippen LogP contribution in [-0.4, -0.2) is 19.1 Å². The first-order chi connectivity index (χ1) is 24.3. The Labute approximate surface area is 279 Å². The Hall–Kier alpha value is -6.72. The molecule has 4 aromatic heterocycles. The molecule has 0 amide bonds. The molecule has 11 rings (SSSR count). The van der Waals surface area contributed by atoms with Gasteiger partial charge < -0.3 is 8.98 Å². The van der Waals surface area contributed by atoms with Crippen LogP contribution in [0.25, 0.3) is 99.3 Å². The van der Waals surface area contributed by atoms with E-state index < -0.39 is 0 Å². The second kappa shape index (κ2) is 9.89. The molecular weight excluding hydrogens is 601 g/mol. The van der Waals surface area contributed by atoms with Gasteiger partial charge in [0.1, 0.15) is 11.2 Å². The summed E-state index contributed by atoms with van der Waals surface area (Å²) in [5, 5.41) is 7.84. The largest absolute Gasteiger partial charge is 0.456 e. The second-order valence-electron chi connectivity index (χ2n) is 12.6. The highest BCUT2D eigenvalue weighted by Gasteiger charge is 2.22. The fourth-order valence-electron chi connectivity index (χ4n) is 7.84. The van der Waals surface area contributed by atoms with Crippen LogP contribution >= 0.6 is 0 Å². The summed E-state index contributed by atoms with van der Waals surface area (Å²) in [4.78, 5) is 10.7. The van der Waals surface area contributed by atoms with Crippen molar-refractivity contribution in [2.45, 2.75) is 0 Å². The molecule has 228 valence electrons. The Bertz CT molecular complexity index is 3110. The highest BCUT2D eigenvalue weighted by Crippen LogP contribution is 2.41. The maximum Gasteiger partial charge on any atom is 0.235 e. The molecule has 0 radical (unpaired) electrons. The number of furan rings is 1. The molecule has 0 spiro atoms. The van der Waals surface area contributed by atoms with Crippen molar-refractivity contribution in [1.82, 2.24) is 19.1 Å². The van der Waals surface area contributed by atoms with Crippen molar-refractivity contribution < 1.29 is 4.42 Å². The van der Waals surface area contributed by atoms with Crippen molar-refractivity contribution in [2.75, 3.05) is 0 Å². The zero-order valence-electron chi connectivity index (χ0n) is 26.2. The summed E-state index contributed by atoms with van der Waals surface area (Å²) in [5.74, 6) is 0.635. The Morgan fingerprint density at radius 2 is 1.00 bits per heavy atom. The van der Waals surface area contributed by atoms with Crippen LogP contribution in [0.1, 0.15) is 0 Å². The van der Waals surface area contributed by atoms with Gasteiger partial charge in [-0.25, -0.2) is 9.97 Å². The lowest BCUT2D eigenvalue weighted by Gasteiger charge is -2.12. The van der Waals surface area contributed by atoms with Crippen molar-refractivity contribution in [3.8, 4) is 22.9 Å². The first-order valence-corrected chi connectivity index (χ1v) is 16.5. The SMILES string of the molecule is c1ccc(-n2c3ccccc3c3cc4c(cc32)c2ccccc2n4-c2nc(-c3cccc4oc5ccccc5c34)c3ccccc3n2)cc1. The molecule has 0 aliphatic rings. The number of nitrogens with zero attached hydrogens (tertiary/aromatic N) is 4. The van der Waals surface area contributed by atoms with Crippen LogP contribution in [0, 0.1) is 0 Å². The zero-order chi connectivity index (χ0) is 32.1. The summed E-state index contributed by atoms with van der Waals surface area (Å²) in [7, 11) is 0. The van der Waals surface area contributed by atoms with Crippen molar-refractivity contribution in [3.05, 3.63) is 158 Å². The van der Waals surface area contributed by atoms with E-state index in [-0.39, 0.29) is 0 Å². The molecule has 0 atom stereocenters. The molecule has 49 heavy (non-hydrogen) atoms. The molecule has 0 aliphatic heterocycles. The number of fused-ring (bicyclic) bond motifs is 10. The first kappa shape index (κ1) is 26.4. The average molecular weight is 627 g/mol. The molecule has 5 nitrogen and oxygen atoms in total. The molecule has 0 saturated carbocycles. The number of benzene rings is 7. The predicted molar refractivity (Wildman–Crippen MR) is 201 cm³/mol. The summed E-state index contributed by atoms with van der Waals surface area (Å²) in [6.45, 7) is 0. The van der Waals surface area contributed by atoms with E-state index in [1.165, 1.54) is 21.8 Å². The van der Waals surface area contributed by atoms with E-state index >= 15 is 0 Å². The van der Waals surface area contributed by atoms with Crippen molar-refractivity contribution in [3.63, 3.8) is 0 Å². The van der Waals surface area contributed by atoms with Crippen LogP contribution in [0.5, 0.6) is 0 Å². The minimum Gasteiger partial charge on any atom is -0.456 e. The zero-order valence-corrected chi connectivity index (χ0v) is 26.2. The quantitative estimate of drug-likeness (QED) is 0.196. The van der Waals surface area contributed by atoms with E-state index in [4.69, 9.17) is 14.4 Å². The highest BCUT2D eigenvalue weighted by molar-refractivity contribution is 6.19. The second-order valence-corrected chi connectivity index (χ2v) is 12.6. The van der Waals surface area contributed by atoms with Gasteiger partial charge in [0.05, 0.1) is 33.3 Å². The van der Waals surface area contributed by atoms with Gasteiger partial charge in [0.2, 0.25) is 5.95 Å². The van der Waals surface area contributed by atoms with Gasteiger partial charge in [0.25, 0.3) is 0 Å². The Morgan fingerprint density at radius 3 is 1.78 bits per heavy atom. The van der Waals surface area contributed by atoms with Gasteiger partial charge in [-0.15, -0.1) is 0 Å². The van der Waals surface area contributed by atoms with E-state index in [9.17, 15) is 0 Å². The van der Waals surface area contributed by atoms with Gasteiger partial charge >= 0.3 is 0 Å². The molecule has 0 bridgehead atoms. The average Bonchev–Trinajstić information content (AvgIpc) is 3.81. The van der Waals surface area contributed by atoms with Crippen molar-refractivity contribution >= 4 is 76.5 Å². The van der Waals surface area contributed by atoms with Gasteiger partial charge in [-0.3, -0.25) is 4.57 Å². The molecule has 11 aromatic rings. The maximum atomic E-state index is 6.30. The van der Waals surface area contributed by atoms with Gasteiger partial charge in [-0.2, -0.15) is 0 Å². The lowest BCUT2D eigenvalue weighted by atomic mass is 10.0. The van der Waals surface area contributed by atoms with Crippen LogP contribution in [0.3, 0.4) is 0 Å². The Balaban J connectivity index is 1.26. The number of hydrogen-bond acceptors (Lipinski definition) is 3. The van der Waals surface area contributed by atoms with E-state index in [0.717, 1.165) is 71.6 Å². The van der Waals surface area contributed by atoms with Crippen LogP contribution in [-0.2, 0) is 0 Å². The molecular formula is C44H26N4O. The molecule has 0 saturated heterocycles. The number of para-hydroxylation sites is 5. The predicted octanol–water partition coefficient (Wildman–Crippen LogP) is 11.4. The normalized spacial score (nSPS) is 12.1. The van der Waals surface area contributed by atoms with Crippen LogP contribution in [0.15, 0.2) is 162 Å². The van der Waals surface area contributed by atoms with Crippen molar-refractivity contribution in [1.29, 1.82) is 0 Å². The van der Waals surface area contributed by atoms with E-state index in [0.29, 0.717) is 5.95 Å². The number of rotatable bonds is 3. The van der Waals surface area contributed by atoms with E-state index in [1.54, 1.807) is 0 Å². The molecule has 0 unspecified atom stereocenters. The third-order valence-electron chi connectivity index (χ3n) is 9.93. The molecule has 0 N–H and O–H groups in total. The first-order valence-electron chi connectivity index (χ1n) is 16.5. The summed E-state index contributed by atoms with van der Waals surface area (Å²) < 4.78 is 10.9. The highest BCUT2D eigenvalue weighted by atomic mass is 16.3. The topological polar surface area (TPSA) is 48.8 Å². The summed E-state index contributed by atoms with van der Waals surface area (Å²) in [6, 6.07) is 55.3. The molecule has 0 aliphatic carbocycles. The van der Waals surface area contributed by atoms with Crippen molar-refractivity contribution in [2.24, 2.45) is 0 Å². The van der Waals surface area contributed by atoms with E-state index in [2.05, 4.69) is 143 Å². The third-order valence-corrected chi connectivity index (χ3v) is 9.93. The standard InChI is InChI=1S/C44H26N4O/c1-2-13-27(14-3-1)47-36-21-9-5-15-28(36)33-26-39-34(25-38(33)47)29-16-6-10-22-37(29)48(39)44-45-35-20-8-4-17-30(35)43(46-44)32-19-12-24-41-42(32)31-18-7-11-23-40(31)49-41/h1-26H. The minimum absolute atomic E-state index is 0.635. The van der Waals surface area contributed by atoms with Crippen LogP contribution in [0.4, 0.5) is 0 Å². The van der Waals surface area contributed by atoms with E-state index in [1.807, 2.05) is 24.3 Å². The Kier molecular flexibility index (Phi) is 5.32. The fourth-order valence-corrected chi connectivity index (χ4v) is 7.84. The van der Waals surface area contributed by atoms with Gasteiger partial charge in [0, 0.05) is 49.0 Å². The van der Waals surface area contributed by atoms with Gasteiger partial charge in [0.15, 0.2) is 0 Å². The third kappa shape index (κ3) is 3.70. The lowest BCUT2D eigenvalue weighted by Crippen LogP contribution is -2.03. The summed E-state index contributed by atoms with van der Waals surface area (Å²) in [5.41, 5.74) is 10.1. The minimum atomic E-state index is 0.635. The van der Waals surface area contributed by atoms with Crippen LogP contribution in [0.2, 0.25) is 0 Å². The van der Waals surface area contributed by atoms with Gasteiger partial charge in [-0.05, 0) is 54.6 Å². The smallest absolute Gasteiger partial charge is 0.235 e. The molecule has 4 heterocycles. The summed E-state index contributed by atoms with van der Waals surface area (Å²) in [6.07, 6.45) is 0. The van der Waals surface area contributed by atoms with Gasteiger partial charge in [-0.1, -0.05) is 103 Å². The molecule has 5 heteroatoms. The summed E-state index contributed by atoms with van der Waals surface area (Å²) >= 11 is 0. The number of hydrogen-bond donors (Lipinski definition) is 0. The molecule has 0 fully saturated rings. The van der Waals surface area contributed by atoms with Crippen LogP contribution < -0.4 is 0 Å². The fraction of sp³-hybridized carbons (Fsp3) is 0. The molecule has 7 aromatic carbocycles. The lowest BCUT2D eigenvalue weighted by molar-refractivity contribution is 0.669.